The molecule has 2 aromatic rings. The fraction of sp³-hybridized carbons (Fsp3) is 0.133. The highest BCUT2D eigenvalue weighted by Crippen LogP contribution is 2.42. The molecule has 0 aliphatic carbocycles. The second-order valence-corrected chi connectivity index (χ2v) is 4.40. The van der Waals surface area contributed by atoms with E-state index in [1.54, 1.807) is 0 Å². The van der Waals surface area contributed by atoms with Crippen molar-refractivity contribution in [3.8, 4) is 11.1 Å². The molecule has 1 nitrogen and oxygen atoms in total. The summed E-state index contributed by atoms with van der Waals surface area (Å²) in [6.45, 7) is 8.22. The maximum atomic E-state index is 13.5. The zero-order chi connectivity index (χ0) is 15.8. The maximum absolute atomic E-state index is 13.5. The molecule has 6 heteroatoms. The number of hydrogen-bond acceptors (Lipinski definition) is 0. The van der Waals surface area contributed by atoms with E-state index in [0.29, 0.717) is 6.07 Å². The molecule has 0 N–H and O–H groups in total. The molecule has 0 unspecified atom stereocenters. The number of rotatable bonds is 1. The Morgan fingerprint density at radius 3 is 2.29 bits per heavy atom. The van der Waals surface area contributed by atoms with Gasteiger partial charge in [-0.05, 0) is 35.7 Å². The monoisotopic (exact) mass is 297 g/mol. The van der Waals surface area contributed by atoms with Crippen LogP contribution in [0.25, 0.3) is 16.0 Å². The summed E-state index contributed by atoms with van der Waals surface area (Å²) in [5, 5.41) is 0. The van der Waals surface area contributed by atoms with E-state index < -0.39 is 28.9 Å². The number of halogens is 5. The number of nitrogens with zero attached hydrogens (tertiary/aromatic N) is 1. The van der Waals surface area contributed by atoms with Gasteiger partial charge in [-0.3, -0.25) is 0 Å². The van der Waals surface area contributed by atoms with Gasteiger partial charge in [-0.1, -0.05) is 18.2 Å². The zero-order valence-corrected chi connectivity index (χ0v) is 10.7. The summed E-state index contributed by atoms with van der Waals surface area (Å²) in [4.78, 5) is 3.04. The number of hydrogen-bond donors (Lipinski definition) is 0. The first kappa shape index (κ1) is 15.0. The maximum Gasteiger partial charge on any atom is 0.415 e. The van der Waals surface area contributed by atoms with Gasteiger partial charge < -0.3 is 0 Å². The highest BCUT2D eigenvalue weighted by Gasteiger charge is 2.34. The number of aryl methyl sites for hydroxylation is 1. The first-order valence-corrected chi connectivity index (χ1v) is 5.79. The Bertz CT molecular complexity index is 718. The Labute approximate surface area is 117 Å². The molecule has 0 saturated carbocycles. The van der Waals surface area contributed by atoms with Crippen molar-refractivity contribution in [1.29, 1.82) is 0 Å². The molecule has 0 saturated heterocycles. The summed E-state index contributed by atoms with van der Waals surface area (Å²) >= 11 is 0. The summed E-state index contributed by atoms with van der Waals surface area (Å²) in [5.41, 5.74) is -2.07. The van der Waals surface area contributed by atoms with Gasteiger partial charge in [0.2, 0.25) is 0 Å². The molecule has 0 aromatic heterocycles. The van der Waals surface area contributed by atoms with E-state index in [-0.39, 0.29) is 16.8 Å². The minimum Gasteiger partial charge on any atom is -0.238 e. The lowest BCUT2D eigenvalue weighted by atomic mass is 9.96. The third-order valence-electron chi connectivity index (χ3n) is 2.97. The topological polar surface area (TPSA) is 4.36 Å². The fourth-order valence-corrected chi connectivity index (χ4v) is 2.04. The third-order valence-corrected chi connectivity index (χ3v) is 2.97. The Hall–Kier alpha value is -2.42. The average Bonchev–Trinajstić information content (AvgIpc) is 2.42. The van der Waals surface area contributed by atoms with Crippen molar-refractivity contribution in [3.63, 3.8) is 0 Å². The molecule has 0 heterocycles. The Morgan fingerprint density at radius 2 is 1.76 bits per heavy atom. The van der Waals surface area contributed by atoms with Gasteiger partial charge in [-0.2, -0.15) is 13.2 Å². The predicted molar refractivity (Wildman–Crippen MR) is 67.8 cm³/mol. The SMILES string of the molecule is [C-]#[N+]c1cccc(C(F)(F)F)c1-c1cc(C)c(F)c(F)c1. The quantitative estimate of drug-likeness (QED) is 0.483. The van der Waals surface area contributed by atoms with Gasteiger partial charge in [0.15, 0.2) is 17.3 Å². The highest BCUT2D eigenvalue weighted by molar-refractivity contribution is 5.82. The van der Waals surface area contributed by atoms with Crippen LogP contribution in [0.5, 0.6) is 0 Å². The summed E-state index contributed by atoms with van der Waals surface area (Å²) in [5.74, 6) is -2.37. The van der Waals surface area contributed by atoms with E-state index in [1.165, 1.54) is 13.0 Å². The first-order valence-electron chi connectivity index (χ1n) is 5.79. The minimum atomic E-state index is -4.70. The van der Waals surface area contributed by atoms with E-state index in [9.17, 15) is 22.0 Å². The number of alkyl halides is 3. The molecule has 108 valence electrons. The Kier molecular flexibility index (Phi) is 3.69. The molecule has 0 fully saturated rings. The molecule has 0 aliphatic rings. The molecule has 0 aliphatic heterocycles. The van der Waals surface area contributed by atoms with Crippen molar-refractivity contribution < 1.29 is 22.0 Å². The van der Waals surface area contributed by atoms with E-state index >= 15 is 0 Å². The van der Waals surface area contributed by atoms with Crippen LogP contribution < -0.4 is 0 Å². The van der Waals surface area contributed by atoms with Crippen LogP contribution in [0.2, 0.25) is 0 Å². The van der Waals surface area contributed by atoms with E-state index in [4.69, 9.17) is 6.57 Å². The molecule has 0 radical (unpaired) electrons. The molecular weight excluding hydrogens is 289 g/mol. The zero-order valence-electron chi connectivity index (χ0n) is 10.7. The smallest absolute Gasteiger partial charge is 0.238 e. The summed E-state index contributed by atoms with van der Waals surface area (Å²) in [7, 11) is 0. The van der Waals surface area contributed by atoms with Crippen LogP contribution in [0, 0.1) is 25.1 Å². The molecule has 0 spiro atoms. The van der Waals surface area contributed by atoms with Crippen molar-refractivity contribution in [1.82, 2.24) is 0 Å². The molecule has 0 amide bonds. The van der Waals surface area contributed by atoms with Gasteiger partial charge in [-0.25, -0.2) is 13.6 Å². The van der Waals surface area contributed by atoms with Crippen LogP contribution in [0.15, 0.2) is 30.3 Å². The Morgan fingerprint density at radius 1 is 1.10 bits per heavy atom. The van der Waals surface area contributed by atoms with Crippen LogP contribution >= 0.6 is 0 Å². The second-order valence-electron chi connectivity index (χ2n) is 4.40. The first-order chi connectivity index (χ1) is 9.75. The van der Waals surface area contributed by atoms with Crippen molar-refractivity contribution in [3.05, 3.63) is 64.5 Å². The van der Waals surface area contributed by atoms with E-state index in [2.05, 4.69) is 4.85 Å². The minimum absolute atomic E-state index is 0.127. The van der Waals surface area contributed by atoms with Crippen molar-refractivity contribution >= 4 is 5.69 Å². The highest BCUT2D eigenvalue weighted by atomic mass is 19.4. The van der Waals surface area contributed by atoms with Crippen molar-refractivity contribution in [2.75, 3.05) is 0 Å². The second kappa shape index (κ2) is 5.17. The van der Waals surface area contributed by atoms with Crippen LogP contribution in [-0.4, -0.2) is 0 Å². The Balaban J connectivity index is 2.83. The molecule has 21 heavy (non-hydrogen) atoms. The van der Waals surface area contributed by atoms with Gasteiger partial charge in [0.05, 0.1) is 12.1 Å². The van der Waals surface area contributed by atoms with Crippen molar-refractivity contribution in [2.24, 2.45) is 0 Å². The van der Waals surface area contributed by atoms with Crippen LogP contribution in [0.4, 0.5) is 27.6 Å². The summed E-state index contributed by atoms with van der Waals surface area (Å²) in [6.07, 6.45) is -4.70. The molecule has 0 bridgehead atoms. The lowest BCUT2D eigenvalue weighted by Gasteiger charge is -2.15. The van der Waals surface area contributed by atoms with Gasteiger partial charge in [-0.15, -0.1) is 0 Å². The number of benzene rings is 2. The van der Waals surface area contributed by atoms with Crippen LogP contribution in [0.1, 0.15) is 11.1 Å². The van der Waals surface area contributed by atoms with Gasteiger partial charge in [0.25, 0.3) is 0 Å². The largest absolute Gasteiger partial charge is 0.415 e. The standard InChI is InChI=1S/C15H8F5N/c1-8-6-9(7-11(16)14(8)17)13-10(15(18,19)20)4-3-5-12(13)21-2/h3-7H,1H3. The summed E-state index contributed by atoms with van der Waals surface area (Å²) in [6, 6.07) is 4.88. The van der Waals surface area contributed by atoms with Gasteiger partial charge >= 0.3 is 6.18 Å². The molecule has 2 aromatic carbocycles. The average molecular weight is 297 g/mol. The normalized spacial score (nSPS) is 11.3. The molecular formula is C15H8F5N. The van der Waals surface area contributed by atoms with Crippen LogP contribution in [-0.2, 0) is 6.18 Å². The van der Waals surface area contributed by atoms with Gasteiger partial charge in [0, 0.05) is 0 Å². The van der Waals surface area contributed by atoms with Crippen LogP contribution in [0.3, 0.4) is 0 Å². The molecule has 2 rings (SSSR count). The lowest BCUT2D eigenvalue weighted by Crippen LogP contribution is -2.07. The predicted octanol–water partition coefficient (Wildman–Crippen LogP) is 5.51. The summed E-state index contributed by atoms with van der Waals surface area (Å²) < 4.78 is 65.9. The van der Waals surface area contributed by atoms with Gasteiger partial charge in [0.1, 0.15) is 0 Å². The van der Waals surface area contributed by atoms with E-state index in [0.717, 1.165) is 18.2 Å². The van der Waals surface area contributed by atoms with Crippen molar-refractivity contribution in [2.45, 2.75) is 13.1 Å². The third kappa shape index (κ3) is 2.72. The lowest BCUT2D eigenvalue weighted by molar-refractivity contribution is -0.137. The fourth-order valence-electron chi connectivity index (χ4n) is 2.04. The van der Waals surface area contributed by atoms with E-state index in [1.807, 2.05) is 0 Å². The molecule has 0 atom stereocenters.